The van der Waals surface area contributed by atoms with Crippen LogP contribution in [-0.4, -0.2) is 23.7 Å². The molecule has 0 aromatic heterocycles. The van der Waals surface area contributed by atoms with Crippen molar-refractivity contribution in [2.75, 3.05) is 6.54 Å². The maximum atomic E-state index is 11.9. The molecule has 1 aromatic rings. The highest BCUT2D eigenvalue weighted by atomic mass is 35.5. The van der Waals surface area contributed by atoms with Gasteiger partial charge in [0.05, 0.1) is 6.10 Å². The number of nitrogens with two attached hydrogens (primary N) is 1. The number of carbonyl (C=O) groups is 1. The van der Waals surface area contributed by atoms with Crippen LogP contribution in [0.25, 0.3) is 0 Å². The molecule has 2 rings (SSSR count). The second-order valence-electron chi connectivity index (χ2n) is 4.89. The number of nitrogens with one attached hydrogen (secondary N) is 1. The summed E-state index contributed by atoms with van der Waals surface area (Å²) in [6.07, 6.45) is 2.57. The van der Waals surface area contributed by atoms with Gasteiger partial charge in [-0.3, -0.25) is 4.79 Å². The average molecular weight is 285 g/mol. The van der Waals surface area contributed by atoms with E-state index in [4.69, 9.17) is 5.73 Å². The van der Waals surface area contributed by atoms with Gasteiger partial charge < -0.3 is 16.2 Å². The van der Waals surface area contributed by atoms with Gasteiger partial charge in [0.25, 0.3) is 0 Å². The molecular weight excluding hydrogens is 264 g/mol. The van der Waals surface area contributed by atoms with Gasteiger partial charge in [0, 0.05) is 12.5 Å². The predicted octanol–water partition coefficient (Wildman–Crippen LogP) is 1.39. The molecule has 3 unspecified atom stereocenters. The Hall–Kier alpha value is -1.10. The third-order valence-electron chi connectivity index (χ3n) is 3.60. The molecule has 1 aliphatic rings. The number of rotatable bonds is 4. The van der Waals surface area contributed by atoms with Crippen molar-refractivity contribution in [2.45, 2.75) is 31.4 Å². The van der Waals surface area contributed by atoms with E-state index in [0.29, 0.717) is 6.54 Å². The zero-order valence-corrected chi connectivity index (χ0v) is 11.6. The van der Waals surface area contributed by atoms with Gasteiger partial charge in [0.2, 0.25) is 5.91 Å². The summed E-state index contributed by atoms with van der Waals surface area (Å²) in [7, 11) is 0. The van der Waals surface area contributed by atoms with Crippen molar-refractivity contribution in [1.82, 2.24) is 5.32 Å². The summed E-state index contributed by atoms with van der Waals surface area (Å²) in [6.45, 7) is 0.514. The molecule has 1 amide bonds. The van der Waals surface area contributed by atoms with Gasteiger partial charge in [-0.25, -0.2) is 0 Å². The second kappa shape index (κ2) is 7.48. The Labute approximate surface area is 119 Å². The van der Waals surface area contributed by atoms with Crippen LogP contribution in [0.4, 0.5) is 0 Å². The Bertz CT molecular complexity index is 400. The number of amides is 1. The van der Waals surface area contributed by atoms with Crippen molar-refractivity contribution >= 4 is 18.3 Å². The summed E-state index contributed by atoms with van der Waals surface area (Å²) in [5, 5.41) is 12.5. The smallest absolute Gasteiger partial charge is 0.241 e. The van der Waals surface area contributed by atoms with E-state index in [1.165, 1.54) is 0 Å². The van der Waals surface area contributed by atoms with E-state index < -0.39 is 6.04 Å². The molecule has 0 spiro atoms. The van der Waals surface area contributed by atoms with E-state index in [2.05, 4.69) is 5.32 Å². The van der Waals surface area contributed by atoms with Gasteiger partial charge in [0.15, 0.2) is 0 Å². The van der Waals surface area contributed by atoms with E-state index in [0.717, 1.165) is 24.8 Å². The quantitative estimate of drug-likeness (QED) is 0.782. The Balaban J connectivity index is 0.00000180. The van der Waals surface area contributed by atoms with Gasteiger partial charge in [-0.05, 0) is 18.4 Å². The Morgan fingerprint density at radius 2 is 2.05 bits per heavy atom. The third-order valence-corrected chi connectivity index (χ3v) is 3.60. The van der Waals surface area contributed by atoms with Crippen LogP contribution in [0.2, 0.25) is 0 Å². The van der Waals surface area contributed by atoms with Crippen LogP contribution in [0.1, 0.15) is 30.9 Å². The number of halogens is 1. The Kier molecular flexibility index (Phi) is 6.28. The number of aliphatic hydroxyl groups excluding tert-OH is 1. The highest BCUT2D eigenvalue weighted by Gasteiger charge is 2.26. The van der Waals surface area contributed by atoms with Crippen LogP contribution >= 0.6 is 12.4 Å². The minimum atomic E-state index is -0.634. The number of hydrogen-bond acceptors (Lipinski definition) is 3. The van der Waals surface area contributed by atoms with Crippen molar-refractivity contribution in [3.63, 3.8) is 0 Å². The van der Waals surface area contributed by atoms with Crippen molar-refractivity contribution in [3.05, 3.63) is 35.9 Å². The molecule has 0 heterocycles. The van der Waals surface area contributed by atoms with E-state index in [-0.39, 0.29) is 30.3 Å². The molecule has 3 atom stereocenters. The topological polar surface area (TPSA) is 75.4 Å². The highest BCUT2D eigenvalue weighted by Crippen LogP contribution is 2.24. The van der Waals surface area contributed by atoms with Gasteiger partial charge in [-0.2, -0.15) is 0 Å². The maximum Gasteiger partial charge on any atom is 0.241 e. The molecule has 0 radical (unpaired) electrons. The summed E-state index contributed by atoms with van der Waals surface area (Å²) in [5.74, 6) is -0.00257. The van der Waals surface area contributed by atoms with Gasteiger partial charge in [0.1, 0.15) is 6.04 Å². The number of aliphatic hydroxyl groups is 1. The summed E-state index contributed by atoms with van der Waals surface area (Å²) in [5.41, 5.74) is 6.69. The maximum absolute atomic E-state index is 11.9. The summed E-state index contributed by atoms with van der Waals surface area (Å²) >= 11 is 0. The molecule has 4 N–H and O–H groups in total. The van der Waals surface area contributed by atoms with Crippen LogP contribution in [0, 0.1) is 5.92 Å². The first-order chi connectivity index (χ1) is 8.68. The summed E-state index contributed by atoms with van der Waals surface area (Å²) in [4.78, 5) is 11.9. The SMILES string of the molecule is Cl.NC(C(=O)NCC1CCCC1O)c1ccccc1. The average Bonchev–Trinajstić information content (AvgIpc) is 2.81. The number of benzene rings is 1. The fourth-order valence-corrected chi connectivity index (χ4v) is 2.41. The van der Waals surface area contributed by atoms with Crippen LogP contribution in [0.15, 0.2) is 30.3 Å². The fraction of sp³-hybridized carbons (Fsp3) is 0.500. The van der Waals surface area contributed by atoms with Crippen molar-refractivity contribution in [3.8, 4) is 0 Å². The van der Waals surface area contributed by atoms with Gasteiger partial charge in [-0.1, -0.05) is 36.8 Å². The molecule has 1 saturated carbocycles. The number of hydrogen-bond donors (Lipinski definition) is 3. The third kappa shape index (κ3) is 4.20. The molecule has 4 nitrogen and oxygen atoms in total. The molecular formula is C14H21ClN2O2. The fourth-order valence-electron chi connectivity index (χ4n) is 2.41. The zero-order chi connectivity index (χ0) is 13.0. The molecule has 106 valence electrons. The molecule has 1 aliphatic carbocycles. The molecule has 0 aliphatic heterocycles. The van der Waals surface area contributed by atoms with E-state index in [1.807, 2.05) is 30.3 Å². The molecule has 19 heavy (non-hydrogen) atoms. The highest BCUT2D eigenvalue weighted by molar-refractivity contribution is 5.85. The summed E-state index contributed by atoms with van der Waals surface area (Å²) in [6, 6.07) is 8.67. The van der Waals surface area contributed by atoms with Crippen LogP contribution in [-0.2, 0) is 4.79 Å². The lowest BCUT2D eigenvalue weighted by Gasteiger charge is -2.17. The van der Waals surface area contributed by atoms with Crippen molar-refractivity contribution in [2.24, 2.45) is 11.7 Å². The minimum Gasteiger partial charge on any atom is -0.393 e. The normalized spacial score (nSPS) is 23.5. The lowest BCUT2D eigenvalue weighted by Crippen LogP contribution is -2.38. The minimum absolute atomic E-state index is 0. The standard InChI is InChI=1S/C14H20N2O2.ClH/c15-13(10-5-2-1-3-6-10)14(18)16-9-11-7-4-8-12(11)17;/h1-3,5-6,11-13,17H,4,7-9,15H2,(H,16,18);1H. The monoisotopic (exact) mass is 284 g/mol. The van der Waals surface area contributed by atoms with Crippen LogP contribution < -0.4 is 11.1 Å². The molecule has 1 aromatic carbocycles. The summed E-state index contributed by atoms with van der Waals surface area (Å²) < 4.78 is 0. The number of carbonyl (C=O) groups excluding carboxylic acids is 1. The first-order valence-electron chi connectivity index (χ1n) is 6.45. The van der Waals surface area contributed by atoms with E-state index in [9.17, 15) is 9.90 Å². The Morgan fingerprint density at radius 3 is 2.63 bits per heavy atom. The van der Waals surface area contributed by atoms with E-state index in [1.54, 1.807) is 0 Å². The Morgan fingerprint density at radius 1 is 1.37 bits per heavy atom. The lowest BCUT2D eigenvalue weighted by atomic mass is 10.0. The van der Waals surface area contributed by atoms with Gasteiger partial charge >= 0.3 is 0 Å². The molecule has 1 fully saturated rings. The first-order valence-corrected chi connectivity index (χ1v) is 6.45. The van der Waals surface area contributed by atoms with Crippen LogP contribution in [0.3, 0.4) is 0 Å². The molecule has 0 saturated heterocycles. The molecule has 0 bridgehead atoms. The largest absolute Gasteiger partial charge is 0.393 e. The predicted molar refractivity (Wildman–Crippen MR) is 77.0 cm³/mol. The second-order valence-corrected chi connectivity index (χ2v) is 4.89. The lowest BCUT2D eigenvalue weighted by molar-refractivity contribution is -0.122. The van der Waals surface area contributed by atoms with Gasteiger partial charge in [-0.15, -0.1) is 12.4 Å². The zero-order valence-electron chi connectivity index (χ0n) is 10.8. The van der Waals surface area contributed by atoms with Crippen LogP contribution in [0.5, 0.6) is 0 Å². The van der Waals surface area contributed by atoms with E-state index >= 15 is 0 Å². The first kappa shape index (κ1) is 16.0. The molecule has 5 heteroatoms. The van der Waals surface area contributed by atoms with Crippen molar-refractivity contribution < 1.29 is 9.90 Å². The van der Waals surface area contributed by atoms with Crippen molar-refractivity contribution in [1.29, 1.82) is 0 Å².